The Morgan fingerprint density at radius 1 is 1.12 bits per heavy atom. The highest BCUT2D eigenvalue weighted by Crippen LogP contribution is 2.14. The minimum Gasteiger partial charge on any atom is -0.306 e. The molecule has 0 atom stereocenters. The molecule has 1 N–H and O–H groups in total. The van der Waals surface area contributed by atoms with Crippen LogP contribution in [0.25, 0.3) is 0 Å². The number of thiazole rings is 1. The van der Waals surface area contributed by atoms with Gasteiger partial charge < -0.3 is 5.32 Å². The monoisotopic (exact) mass is 246 g/mol. The lowest BCUT2D eigenvalue weighted by molar-refractivity contribution is 0.684. The number of nitrogens with one attached hydrogen (secondary N) is 1. The van der Waals surface area contributed by atoms with E-state index in [9.17, 15) is 0 Å². The van der Waals surface area contributed by atoms with Crippen LogP contribution in [-0.2, 0) is 13.1 Å². The molecule has 1 aromatic heterocycles. The summed E-state index contributed by atoms with van der Waals surface area (Å²) >= 11 is 1.76. The summed E-state index contributed by atoms with van der Waals surface area (Å²) in [4.78, 5) is 5.62. The van der Waals surface area contributed by atoms with Crippen LogP contribution < -0.4 is 5.32 Å². The SMILES string of the molecule is Cc1cnc(CNCc2c(C)cccc2C)s1. The molecular formula is C14H18N2S. The molecule has 0 spiro atoms. The molecule has 2 nitrogen and oxygen atoms in total. The molecule has 2 aromatic rings. The maximum absolute atomic E-state index is 4.35. The predicted octanol–water partition coefficient (Wildman–Crippen LogP) is 3.36. The molecule has 90 valence electrons. The van der Waals surface area contributed by atoms with Crippen LogP contribution in [0.5, 0.6) is 0 Å². The average Bonchev–Trinajstić information content (AvgIpc) is 2.69. The number of aromatic nitrogens is 1. The fourth-order valence-corrected chi connectivity index (χ4v) is 2.66. The Kier molecular flexibility index (Phi) is 3.92. The lowest BCUT2D eigenvalue weighted by Gasteiger charge is -2.09. The maximum Gasteiger partial charge on any atom is 0.107 e. The first-order valence-electron chi connectivity index (χ1n) is 5.84. The van der Waals surface area contributed by atoms with E-state index >= 15 is 0 Å². The van der Waals surface area contributed by atoms with Crippen molar-refractivity contribution < 1.29 is 0 Å². The van der Waals surface area contributed by atoms with Crippen LogP contribution in [-0.4, -0.2) is 4.98 Å². The van der Waals surface area contributed by atoms with Crippen molar-refractivity contribution in [1.82, 2.24) is 10.3 Å². The number of benzene rings is 1. The van der Waals surface area contributed by atoms with E-state index in [1.165, 1.54) is 21.6 Å². The molecule has 0 fully saturated rings. The van der Waals surface area contributed by atoms with Crippen LogP contribution in [0.1, 0.15) is 26.6 Å². The molecule has 0 radical (unpaired) electrons. The summed E-state index contributed by atoms with van der Waals surface area (Å²) in [5.74, 6) is 0. The third kappa shape index (κ3) is 3.14. The molecule has 2 rings (SSSR count). The molecular weight excluding hydrogens is 228 g/mol. The Labute approximate surface area is 107 Å². The standard InChI is InChI=1S/C14H18N2S/c1-10-5-4-6-11(2)13(10)8-15-9-14-16-7-12(3)17-14/h4-7,15H,8-9H2,1-3H3. The van der Waals surface area contributed by atoms with Crippen LogP contribution in [0.2, 0.25) is 0 Å². The molecule has 0 unspecified atom stereocenters. The van der Waals surface area contributed by atoms with Gasteiger partial charge in [0.2, 0.25) is 0 Å². The predicted molar refractivity (Wildman–Crippen MR) is 73.3 cm³/mol. The van der Waals surface area contributed by atoms with Crippen molar-refractivity contribution >= 4 is 11.3 Å². The van der Waals surface area contributed by atoms with E-state index in [1.807, 2.05) is 6.20 Å². The normalized spacial score (nSPS) is 10.8. The molecule has 0 amide bonds. The first kappa shape index (κ1) is 12.3. The van der Waals surface area contributed by atoms with Crippen LogP contribution in [0.4, 0.5) is 0 Å². The minimum absolute atomic E-state index is 0.853. The highest BCUT2D eigenvalue weighted by atomic mass is 32.1. The third-order valence-electron chi connectivity index (χ3n) is 2.89. The molecule has 17 heavy (non-hydrogen) atoms. The van der Waals surface area contributed by atoms with E-state index in [-0.39, 0.29) is 0 Å². The van der Waals surface area contributed by atoms with Gasteiger partial charge in [-0.3, -0.25) is 0 Å². The van der Waals surface area contributed by atoms with Gasteiger partial charge in [-0.2, -0.15) is 0 Å². The molecule has 0 aliphatic heterocycles. The summed E-state index contributed by atoms with van der Waals surface area (Å²) in [5.41, 5.74) is 4.11. The summed E-state index contributed by atoms with van der Waals surface area (Å²) in [7, 11) is 0. The lowest BCUT2D eigenvalue weighted by atomic mass is 10.0. The van der Waals surface area contributed by atoms with E-state index in [2.05, 4.69) is 49.3 Å². The smallest absolute Gasteiger partial charge is 0.107 e. The average molecular weight is 246 g/mol. The van der Waals surface area contributed by atoms with Crippen molar-refractivity contribution in [3.05, 3.63) is 51.0 Å². The molecule has 0 saturated carbocycles. The number of aryl methyl sites for hydroxylation is 3. The molecule has 0 saturated heterocycles. The summed E-state index contributed by atoms with van der Waals surface area (Å²) in [6, 6.07) is 6.44. The zero-order chi connectivity index (χ0) is 12.3. The summed E-state index contributed by atoms with van der Waals surface area (Å²) < 4.78 is 0. The van der Waals surface area contributed by atoms with Gasteiger partial charge in [0, 0.05) is 24.2 Å². The summed E-state index contributed by atoms with van der Waals surface area (Å²) in [5, 5.41) is 4.62. The van der Waals surface area contributed by atoms with Gasteiger partial charge in [0.05, 0.1) is 0 Å². The highest BCUT2D eigenvalue weighted by molar-refractivity contribution is 7.11. The molecule has 0 aliphatic carbocycles. The Morgan fingerprint density at radius 3 is 2.41 bits per heavy atom. The second-order valence-corrected chi connectivity index (χ2v) is 5.66. The van der Waals surface area contributed by atoms with Gasteiger partial charge in [0.25, 0.3) is 0 Å². The zero-order valence-corrected chi connectivity index (χ0v) is 11.4. The number of hydrogen-bond acceptors (Lipinski definition) is 3. The second-order valence-electron chi connectivity index (χ2n) is 4.34. The van der Waals surface area contributed by atoms with Crippen LogP contribution >= 0.6 is 11.3 Å². The van der Waals surface area contributed by atoms with Crippen molar-refractivity contribution in [3.8, 4) is 0 Å². The van der Waals surface area contributed by atoms with E-state index < -0.39 is 0 Å². The molecule has 1 aromatic carbocycles. The van der Waals surface area contributed by atoms with Crippen molar-refractivity contribution in [2.45, 2.75) is 33.9 Å². The van der Waals surface area contributed by atoms with Gasteiger partial charge in [-0.15, -0.1) is 11.3 Å². The van der Waals surface area contributed by atoms with Gasteiger partial charge in [0.1, 0.15) is 5.01 Å². The van der Waals surface area contributed by atoms with Crippen molar-refractivity contribution in [3.63, 3.8) is 0 Å². The van der Waals surface area contributed by atoms with Crippen molar-refractivity contribution in [2.75, 3.05) is 0 Å². The number of hydrogen-bond donors (Lipinski definition) is 1. The van der Waals surface area contributed by atoms with Crippen LogP contribution in [0.3, 0.4) is 0 Å². The van der Waals surface area contributed by atoms with E-state index in [4.69, 9.17) is 0 Å². The summed E-state index contributed by atoms with van der Waals surface area (Å²) in [6.45, 7) is 8.19. The summed E-state index contributed by atoms with van der Waals surface area (Å²) in [6.07, 6.45) is 1.93. The number of rotatable bonds is 4. The van der Waals surface area contributed by atoms with Gasteiger partial charge in [-0.1, -0.05) is 18.2 Å². The Hall–Kier alpha value is -1.19. The zero-order valence-electron chi connectivity index (χ0n) is 10.6. The first-order valence-corrected chi connectivity index (χ1v) is 6.65. The quantitative estimate of drug-likeness (QED) is 0.894. The number of nitrogens with zero attached hydrogens (tertiary/aromatic N) is 1. The lowest BCUT2D eigenvalue weighted by Crippen LogP contribution is -2.14. The fraction of sp³-hybridized carbons (Fsp3) is 0.357. The van der Waals surface area contributed by atoms with E-state index in [0.717, 1.165) is 18.1 Å². The van der Waals surface area contributed by atoms with Crippen LogP contribution in [0, 0.1) is 20.8 Å². The molecule has 3 heteroatoms. The van der Waals surface area contributed by atoms with Gasteiger partial charge >= 0.3 is 0 Å². The second kappa shape index (κ2) is 5.43. The largest absolute Gasteiger partial charge is 0.306 e. The van der Waals surface area contributed by atoms with E-state index in [1.54, 1.807) is 11.3 Å². The van der Waals surface area contributed by atoms with Crippen LogP contribution in [0.15, 0.2) is 24.4 Å². The third-order valence-corrected chi connectivity index (χ3v) is 3.80. The fourth-order valence-electron chi connectivity index (χ4n) is 1.91. The maximum atomic E-state index is 4.35. The van der Waals surface area contributed by atoms with E-state index in [0.29, 0.717) is 0 Å². The Morgan fingerprint density at radius 2 is 1.82 bits per heavy atom. The molecule has 0 aliphatic rings. The highest BCUT2D eigenvalue weighted by Gasteiger charge is 2.02. The van der Waals surface area contributed by atoms with Crippen molar-refractivity contribution in [2.24, 2.45) is 0 Å². The van der Waals surface area contributed by atoms with Gasteiger partial charge in [-0.25, -0.2) is 4.98 Å². The molecule has 0 bridgehead atoms. The Balaban J connectivity index is 1.94. The minimum atomic E-state index is 0.853. The van der Waals surface area contributed by atoms with Gasteiger partial charge in [-0.05, 0) is 37.5 Å². The Bertz CT molecular complexity index is 482. The first-order chi connectivity index (χ1) is 8.16. The topological polar surface area (TPSA) is 24.9 Å². The van der Waals surface area contributed by atoms with Gasteiger partial charge in [0.15, 0.2) is 0 Å². The molecule has 1 heterocycles. The van der Waals surface area contributed by atoms with Crippen molar-refractivity contribution in [1.29, 1.82) is 0 Å².